The van der Waals surface area contributed by atoms with Gasteiger partial charge in [-0.2, -0.15) is 0 Å². The molecule has 3 heterocycles. The van der Waals surface area contributed by atoms with Gasteiger partial charge in [0.05, 0.1) is 26.1 Å². The van der Waals surface area contributed by atoms with Gasteiger partial charge in [-0.05, 0) is 17.7 Å². The van der Waals surface area contributed by atoms with Gasteiger partial charge >= 0.3 is 0 Å². The number of aromatic nitrogens is 1. The van der Waals surface area contributed by atoms with E-state index in [9.17, 15) is 9.59 Å². The molecule has 1 aromatic heterocycles. The van der Waals surface area contributed by atoms with Crippen LogP contribution in [0.1, 0.15) is 22.3 Å². The standard InChI is InChI=1S/C18H17N3O3/c22-16-10-18(24-21(16)11-14-4-2-1-3-5-14)12-20(13-18)17(23)15-6-8-19-9-7-15/h1-9H,10-13H2. The molecule has 0 unspecified atom stereocenters. The van der Waals surface area contributed by atoms with Gasteiger partial charge in [0.2, 0.25) is 5.91 Å². The first-order chi connectivity index (χ1) is 11.7. The molecule has 2 aliphatic heterocycles. The topological polar surface area (TPSA) is 62.7 Å². The van der Waals surface area contributed by atoms with E-state index in [2.05, 4.69) is 4.98 Å². The summed E-state index contributed by atoms with van der Waals surface area (Å²) in [6, 6.07) is 13.1. The van der Waals surface area contributed by atoms with E-state index in [1.54, 1.807) is 29.4 Å². The third-order valence-electron chi connectivity index (χ3n) is 4.40. The van der Waals surface area contributed by atoms with Crippen LogP contribution >= 0.6 is 0 Å². The second kappa shape index (κ2) is 5.72. The quantitative estimate of drug-likeness (QED) is 0.861. The Labute approximate surface area is 139 Å². The van der Waals surface area contributed by atoms with Crippen molar-refractivity contribution in [3.63, 3.8) is 0 Å². The fraction of sp³-hybridized carbons (Fsp3) is 0.278. The number of carbonyl (C=O) groups is 2. The summed E-state index contributed by atoms with van der Waals surface area (Å²) < 4.78 is 0. The third kappa shape index (κ3) is 2.65. The molecule has 1 spiro atoms. The van der Waals surface area contributed by atoms with Crippen LogP contribution in [-0.4, -0.2) is 45.5 Å². The van der Waals surface area contributed by atoms with E-state index in [4.69, 9.17) is 4.84 Å². The van der Waals surface area contributed by atoms with Crippen molar-refractivity contribution < 1.29 is 14.4 Å². The van der Waals surface area contributed by atoms with E-state index in [-0.39, 0.29) is 11.8 Å². The van der Waals surface area contributed by atoms with Crippen molar-refractivity contribution in [3.8, 4) is 0 Å². The van der Waals surface area contributed by atoms with Crippen molar-refractivity contribution in [2.75, 3.05) is 13.1 Å². The molecule has 2 amide bonds. The maximum atomic E-state index is 12.4. The Morgan fingerprint density at radius 2 is 1.83 bits per heavy atom. The molecule has 1 aromatic carbocycles. The lowest BCUT2D eigenvalue weighted by Crippen LogP contribution is -2.63. The number of pyridine rings is 1. The second-order valence-corrected chi connectivity index (χ2v) is 6.26. The molecular formula is C18H17N3O3. The molecule has 0 saturated carbocycles. The van der Waals surface area contributed by atoms with Crippen molar-refractivity contribution in [2.45, 2.75) is 18.6 Å². The Kier molecular flexibility index (Phi) is 3.54. The summed E-state index contributed by atoms with van der Waals surface area (Å²) in [5, 5.41) is 1.42. The lowest BCUT2D eigenvalue weighted by atomic mass is 9.90. The maximum absolute atomic E-state index is 12.4. The van der Waals surface area contributed by atoms with Crippen LogP contribution in [0.3, 0.4) is 0 Å². The Balaban J connectivity index is 1.39. The minimum Gasteiger partial charge on any atom is -0.332 e. The van der Waals surface area contributed by atoms with E-state index < -0.39 is 5.60 Å². The molecule has 4 rings (SSSR count). The number of carbonyl (C=O) groups excluding carboxylic acids is 2. The van der Waals surface area contributed by atoms with E-state index in [0.29, 0.717) is 31.6 Å². The van der Waals surface area contributed by atoms with Crippen molar-refractivity contribution in [2.24, 2.45) is 0 Å². The maximum Gasteiger partial charge on any atom is 0.254 e. The summed E-state index contributed by atoms with van der Waals surface area (Å²) >= 11 is 0. The van der Waals surface area contributed by atoms with Crippen LogP contribution in [0.4, 0.5) is 0 Å². The number of benzene rings is 1. The highest BCUT2D eigenvalue weighted by molar-refractivity contribution is 5.95. The van der Waals surface area contributed by atoms with E-state index in [0.717, 1.165) is 5.56 Å². The Morgan fingerprint density at radius 1 is 1.12 bits per heavy atom. The summed E-state index contributed by atoms with van der Waals surface area (Å²) in [5.41, 5.74) is 1.06. The number of rotatable bonds is 3. The van der Waals surface area contributed by atoms with Crippen LogP contribution in [0.2, 0.25) is 0 Å². The molecule has 2 aromatic rings. The lowest BCUT2D eigenvalue weighted by Gasteiger charge is -2.45. The molecule has 2 aliphatic rings. The number of nitrogens with zero attached hydrogens (tertiary/aromatic N) is 3. The first kappa shape index (κ1) is 14.8. The summed E-state index contributed by atoms with van der Waals surface area (Å²) in [4.78, 5) is 36.1. The SMILES string of the molecule is O=C(c1ccncc1)N1CC2(CC(=O)N(Cc3ccccc3)O2)C1. The largest absolute Gasteiger partial charge is 0.332 e. The van der Waals surface area contributed by atoms with Gasteiger partial charge in [0.15, 0.2) is 0 Å². The van der Waals surface area contributed by atoms with Gasteiger partial charge in [-0.25, -0.2) is 5.06 Å². The third-order valence-corrected chi connectivity index (χ3v) is 4.40. The Morgan fingerprint density at radius 3 is 2.54 bits per heavy atom. The molecular weight excluding hydrogens is 306 g/mol. The van der Waals surface area contributed by atoms with Gasteiger partial charge in [-0.1, -0.05) is 30.3 Å². The molecule has 0 aliphatic carbocycles. The molecule has 0 bridgehead atoms. The van der Waals surface area contributed by atoms with Crippen molar-refractivity contribution in [1.29, 1.82) is 0 Å². The van der Waals surface area contributed by atoms with Gasteiger partial charge in [0.25, 0.3) is 5.91 Å². The van der Waals surface area contributed by atoms with Crippen molar-refractivity contribution in [1.82, 2.24) is 14.9 Å². The Bertz CT molecular complexity index is 758. The normalized spacial score (nSPS) is 18.8. The second-order valence-electron chi connectivity index (χ2n) is 6.26. The predicted octanol–water partition coefficient (Wildman–Crippen LogP) is 1.64. The smallest absolute Gasteiger partial charge is 0.254 e. The van der Waals surface area contributed by atoms with Gasteiger partial charge < -0.3 is 4.90 Å². The highest BCUT2D eigenvalue weighted by Crippen LogP contribution is 2.37. The average molecular weight is 323 g/mol. The van der Waals surface area contributed by atoms with Crippen LogP contribution in [0, 0.1) is 0 Å². The molecule has 24 heavy (non-hydrogen) atoms. The first-order valence-corrected chi connectivity index (χ1v) is 7.88. The molecule has 0 radical (unpaired) electrons. The molecule has 6 nitrogen and oxygen atoms in total. The minimum absolute atomic E-state index is 0.0325. The van der Waals surface area contributed by atoms with Crippen LogP contribution in [0.25, 0.3) is 0 Å². The molecule has 0 N–H and O–H groups in total. The number of amides is 2. The highest BCUT2D eigenvalue weighted by atomic mass is 16.7. The zero-order chi connectivity index (χ0) is 16.6. The molecule has 2 saturated heterocycles. The number of likely N-dealkylation sites (tertiary alicyclic amines) is 1. The molecule has 6 heteroatoms. The van der Waals surface area contributed by atoms with Gasteiger partial charge in [0.1, 0.15) is 5.60 Å². The van der Waals surface area contributed by atoms with Crippen LogP contribution in [-0.2, 0) is 16.2 Å². The first-order valence-electron chi connectivity index (χ1n) is 7.88. The van der Waals surface area contributed by atoms with Gasteiger partial charge in [0, 0.05) is 18.0 Å². The predicted molar refractivity (Wildman–Crippen MR) is 85.6 cm³/mol. The van der Waals surface area contributed by atoms with Crippen molar-refractivity contribution in [3.05, 3.63) is 66.0 Å². The zero-order valence-electron chi connectivity index (χ0n) is 13.1. The van der Waals surface area contributed by atoms with Crippen LogP contribution in [0.15, 0.2) is 54.9 Å². The summed E-state index contributed by atoms with van der Waals surface area (Å²) in [6.07, 6.45) is 3.51. The van der Waals surface area contributed by atoms with E-state index >= 15 is 0 Å². The van der Waals surface area contributed by atoms with E-state index in [1.165, 1.54) is 5.06 Å². The summed E-state index contributed by atoms with van der Waals surface area (Å²) in [5.74, 6) is -0.0875. The lowest BCUT2D eigenvalue weighted by molar-refractivity contribution is -0.233. The van der Waals surface area contributed by atoms with Crippen molar-refractivity contribution >= 4 is 11.8 Å². The van der Waals surface area contributed by atoms with E-state index in [1.807, 2.05) is 30.3 Å². The monoisotopic (exact) mass is 323 g/mol. The fourth-order valence-electron chi connectivity index (χ4n) is 3.19. The molecule has 122 valence electrons. The average Bonchev–Trinajstić information content (AvgIpc) is 2.91. The minimum atomic E-state index is -0.561. The summed E-state index contributed by atoms with van der Waals surface area (Å²) in [6.45, 7) is 1.30. The molecule has 0 atom stereocenters. The summed E-state index contributed by atoms with van der Waals surface area (Å²) in [7, 11) is 0. The number of hydroxylamine groups is 2. The number of hydrogen-bond acceptors (Lipinski definition) is 4. The van der Waals surface area contributed by atoms with Gasteiger partial charge in [-0.3, -0.25) is 19.4 Å². The zero-order valence-corrected chi connectivity index (χ0v) is 13.1. The van der Waals surface area contributed by atoms with Crippen LogP contribution in [0.5, 0.6) is 0 Å². The van der Waals surface area contributed by atoms with Crippen LogP contribution < -0.4 is 0 Å². The fourth-order valence-corrected chi connectivity index (χ4v) is 3.19. The van der Waals surface area contributed by atoms with Gasteiger partial charge in [-0.15, -0.1) is 0 Å². The Hall–Kier alpha value is -2.73. The number of hydrogen-bond donors (Lipinski definition) is 0. The molecule has 2 fully saturated rings. The highest BCUT2D eigenvalue weighted by Gasteiger charge is 2.54.